The molecule has 1 aromatic rings. The van der Waals surface area contributed by atoms with Gasteiger partial charge in [-0.1, -0.05) is 27.2 Å². The summed E-state index contributed by atoms with van der Waals surface area (Å²) in [5, 5.41) is 11.2. The molecule has 0 aliphatic heterocycles. The number of rotatable bonds is 2. The fraction of sp³-hybridized carbons (Fsp3) is 0.800. The quantitative estimate of drug-likeness (QED) is 0.822. The molecule has 0 amide bonds. The minimum atomic E-state index is -0.585. The van der Waals surface area contributed by atoms with Gasteiger partial charge < -0.3 is 9.52 Å². The van der Waals surface area contributed by atoms with Crippen LogP contribution in [0.2, 0.25) is 0 Å². The molecule has 2 saturated carbocycles. The number of hydrogen-bond donors (Lipinski definition) is 1. The van der Waals surface area contributed by atoms with Crippen molar-refractivity contribution < 1.29 is 9.52 Å². The molecule has 3 rings (SSSR count). The van der Waals surface area contributed by atoms with Crippen molar-refractivity contribution in [1.82, 2.24) is 0 Å². The first-order valence-electron chi connectivity index (χ1n) is 8.92. The Labute approximate surface area is 135 Å². The Balaban J connectivity index is 1.98. The maximum Gasteiger partial charge on any atom is 0.107 e. The Morgan fingerprint density at radius 3 is 2.55 bits per heavy atom. The molecule has 2 aliphatic rings. The molecule has 2 fully saturated rings. The zero-order valence-corrected chi connectivity index (χ0v) is 14.9. The lowest BCUT2D eigenvalue weighted by atomic mass is 9.45. The van der Waals surface area contributed by atoms with Crippen molar-refractivity contribution in [2.75, 3.05) is 0 Å². The predicted octanol–water partition coefficient (Wildman–Crippen LogP) is 5.12. The highest BCUT2D eigenvalue weighted by molar-refractivity contribution is 5.18. The first-order chi connectivity index (χ1) is 10.2. The van der Waals surface area contributed by atoms with E-state index in [1.165, 1.54) is 24.8 Å². The Morgan fingerprint density at radius 1 is 1.18 bits per heavy atom. The zero-order valence-electron chi connectivity index (χ0n) is 14.9. The third-order valence-electron chi connectivity index (χ3n) is 7.12. The van der Waals surface area contributed by atoms with Crippen molar-refractivity contribution in [1.29, 1.82) is 0 Å². The van der Waals surface area contributed by atoms with Gasteiger partial charge in [-0.15, -0.1) is 0 Å². The largest absolute Gasteiger partial charge is 0.469 e. The normalized spacial score (nSPS) is 41.2. The van der Waals surface area contributed by atoms with Gasteiger partial charge in [0, 0.05) is 12.3 Å². The molecule has 0 spiro atoms. The van der Waals surface area contributed by atoms with Gasteiger partial charge in [-0.05, 0) is 67.9 Å². The fourth-order valence-corrected chi connectivity index (χ4v) is 5.88. The van der Waals surface area contributed by atoms with Crippen LogP contribution >= 0.6 is 0 Å². The maximum atomic E-state index is 11.2. The fourth-order valence-electron chi connectivity index (χ4n) is 5.88. The molecule has 2 nitrogen and oxygen atoms in total. The second-order valence-electron chi connectivity index (χ2n) is 9.08. The molecule has 0 saturated heterocycles. The van der Waals surface area contributed by atoms with Crippen LogP contribution in [0.15, 0.2) is 16.7 Å². The highest BCUT2D eigenvalue weighted by Crippen LogP contribution is 2.62. The van der Waals surface area contributed by atoms with Gasteiger partial charge in [0.2, 0.25) is 0 Å². The van der Waals surface area contributed by atoms with Crippen LogP contribution in [0.1, 0.15) is 71.1 Å². The van der Waals surface area contributed by atoms with Crippen molar-refractivity contribution in [2.24, 2.45) is 22.7 Å². The summed E-state index contributed by atoms with van der Waals surface area (Å²) >= 11 is 0. The summed E-state index contributed by atoms with van der Waals surface area (Å²) in [7, 11) is 0. The van der Waals surface area contributed by atoms with Crippen LogP contribution in [0.25, 0.3) is 0 Å². The number of aryl methyl sites for hydroxylation is 1. The average Bonchev–Trinajstić information content (AvgIpc) is 2.78. The van der Waals surface area contributed by atoms with Gasteiger partial charge in [0.05, 0.1) is 11.9 Å². The van der Waals surface area contributed by atoms with Crippen LogP contribution < -0.4 is 0 Å². The van der Waals surface area contributed by atoms with Gasteiger partial charge in [0.1, 0.15) is 5.76 Å². The van der Waals surface area contributed by atoms with Crippen molar-refractivity contribution in [3.63, 3.8) is 0 Å². The third kappa shape index (κ3) is 2.44. The molecule has 124 valence electrons. The lowest BCUT2D eigenvalue weighted by molar-refractivity contribution is -0.167. The second kappa shape index (κ2) is 5.12. The summed E-state index contributed by atoms with van der Waals surface area (Å²) in [5.74, 6) is 2.05. The van der Waals surface area contributed by atoms with Crippen molar-refractivity contribution >= 4 is 0 Å². The van der Waals surface area contributed by atoms with E-state index in [0.29, 0.717) is 11.3 Å². The Hall–Kier alpha value is -0.760. The van der Waals surface area contributed by atoms with E-state index < -0.39 is 5.60 Å². The molecule has 1 heterocycles. The van der Waals surface area contributed by atoms with E-state index in [9.17, 15) is 5.11 Å². The third-order valence-corrected chi connectivity index (χ3v) is 7.12. The summed E-state index contributed by atoms with van der Waals surface area (Å²) in [4.78, 5) is 0. The summed E-state index contributed by atoms with van der Waals surface area (Å²) < 4.78 is 5.73. The van der Waals surface area contributed by atoms with Crippen LogP contribution in [-0.4, -0.2) is 10.7 Å². The highest BCUT2D eigenvalue weighted by atomic mass is 16.3. The Morgan fingerprint density at radius 2 is 1.91 bits per heavy atom. The highest BCUT2D eigenvalue weighted by Gasteiger charge is 2.57. The van der Waals surface area contributed by atoms with Crippen LogP contribution in [0.5, 0.6) is 0 Å². The van der Waals surface area contributed by atoms with Gasteiger partial charge in [0.15, 0.2) is 0 Å². The summed E-state index contributed by atoms with van der Waals surface area (Å²) in [6, 6.07) is 2.04. The van der Waals surface area contributed by atoms with E-state index in [1.807, 2.05) is 6.07 Å². The summed E-state index contributed by atoms with van der Waals surface area (Å²) in [5.41, 5.74) is 1.23. The van der Waals surface area contributed by atoms with Crippen molar-refractivity contribution in [3.05, 3.63) is 23.7 Å². The van der Waals surface area contributed by atoms with Gasteiger partial charge in [-0.2, -0.15) is 0 Å². The monoisotopic (exact) mass is 304 g/mol. The van der Waals surface area contributed by atoms with E-state index in [1.54, 1.807) is 6.26 Å². The van der Waals surface area contributed by atoms with Crippen molar-refractivity contribution in [2.45, 2.75) is 78.7 Å². The van der Waals surface area contributed by atoms with Crippen LogP contribution in [0.3, 0.4) is 0 Å². The summed E-state index contributed by atoms with van der Waals surface area (Å²) in [6.45, 7) is 11.5. The molecule has 0 radical (unpaired) electrons. The van der Waals surface area contributed by atoms with Crippen LogP contribution in [0.4, 0.5) is 0 Å². The standard InChI is InChI=1S/C20H32O2/c1-14-8-12-22-15(14)13-17-19(4)10-6-9-18(2,3)16(19)7-11-20(17,5)21/h8,12,16-17,21H,6-7,9-11,13H2,1-5H3/t16?,17-,19+,20?/m0/s1. The molecule has 2 heteroatoms. The number of aliphatic hydroxyl groups is 1. The lowest BCUT2D eigenvalue weighted by Gasteiger charge is -2.61. The molecule has 2 unspecified atom stereocenters. The Bertz CT molecular complexity index is 540. The summed E-state index contributed by atoms with van der Waals surface area (Å²) in [6.07, 6.45) is 8.57. The number of hydrogen-bond acceptors (Lipinski definition) is 2. The molecule has 0 aromatic carbocycles. The maximum absolute atomic E-state index is 11.2. The smallest absolute Gasteiger partial charge is 0.107 e. The first kappa shape index (κ1) is 16.1. The van der Waals surface area contributed by atoms with E-state index >= 15 is 0 Å². The average molecular weight is 304 g/mol. The second-order valence-corrected chi connectivity index (χ2v) is 9.08. The van der Waals surface area contributed by atoms with Gasteiger partial charge in [-0.3, -0.25) is 0 Å². The SMILES string of the molecule is Cc1ccoc1C[C@@H]1C(C)(O)CCC2C(C)(C)CCC[C@]21C. The van der Waals surface area contributed by atoms with Crippen LogP contribution in [-0.2, 0) is 6.42 Å². The molecule has 1 aromatic heterocycles. The number of fused-ring (bicyclic) bond motifs is 1. The molecular formula is C20H32O2. The molecule has 0 bridgehead atoms. The van der Waals surface area contributed by atoms with E-state index in [-0.39, 0.29) is 11.3 Å². The minimum absolute atomic E-state index is 0.211. The molecule has 22 heavy (non-hydrogen) atoms. The minimum Gasteiger partial charge on any atom is -0.469 e. The van der Waals surface area contributed by atoms with Gasteiger partial charge in [-0.25, -0.2) is 0 Å². The van der Waals surface area contributed by atoms with Crippen molar-refractivity contribution in [3.8, 4) is 0 Å². The Kier molecular flexibility index (Phi) is 3.75. The molecule has 4 atom stereocenters. The van der Waals surface area contributed by atoms with E-state index in [0.717, 1.165) is 25.0 Å². The molecule has 2 aliphatic carbocycles. The van der Waals surface area contributed by atoms with E-state index in [2.05, 4.69) is 34.6 Å². The van der Waals surface area contributed by atoms with Gasteiger partial charge >= 0.3 is 0 Å². The van der Waals surface area contributed by atoms with Crippen LogP contribution in [0, 0.1) is 29.6 Å². The topological polar surface area (TPSA) is 33.4 Å². The molecule has 1 N–H and O–H groups in total. The van der Waals surface area contributed by atoms with E-state index in [4.69, 9.17) is 4.42 Å². The zero-order chi connectivity index (χ0) is 16.2. The molecular weight excluding hydrogens is 272 g/mol. The predicted molar refractivity (Wildman–Crippen MR) is 89.7 cm³/mol. The lowest BCUT2D eigenvalue weighted by Crippen LogP contribution is -2.58. The van der Waals surface area contributed by atoms with Gasteiger partial charge in [0.25, 0.3) is 0 Å². The number of furan rings is 1. The first-order valence-corrected chi connectivity index (χ1v) is 8.92.